The Balaban J connectivity index is 1.89. The summed E-state index contributed by atoms with van der Waals surface area (Å²) in [5, 5.41) is 0.800. The van der Waals surface area contributed by atoms with E-state index in [4.69, 9.17) is 14.5 Å². The zero-order chi connectivity index (χ0) is 22.5. The predicted molar refractivity (Wildman–Crippen MR) is 134 cm³/mol. The van der Waals surface area contributed by atoms with Crippen LogP contribution in [0.1, 0.15) is 21.5 Å². The molecule has 4 rings (SSSR count). The Labute approximate surface area is 200 Å². The van der Waals surface area contributed by atoms with Gasteiger partial charge >= 0.3 is 5.97 Å². The molecule has 2 aromatic carbocycles. The zero-order valence-electron chi connectivity index (χ0n) is 18.0. The quantitative estimate of drug-likeness (QED) is 0.226. The van der Waals surface area contributed by atoms with Gasteiger partial charge in [-0.25, -0.2) is 9.78 Å². The molecule has 2 heterocycles. The van der Waals surface area contributed by atoms with E-state index < -0.39 is 5.97 Å². The second-order valence-electron chi connectivity index (χ2n) is 7.39. The minimum Gasteiger partial charge on any atom is -0.465 e. The van der Waals surface area contributed by atoms with E-state index in [1.54, 1.807) is 13.3 Å². The molecule has 0 aliphatic heterocycles. The van der Waals surface area contributed by atoms with E-state index in [1.165, 1.54) is 18.2 Å². The molecule has 0 saturated heterocycles. The zero-order valence-corrected chi connectivity index (χ0v) is 20.2. The van der Waals surface area contributed by atoms with Crippen molar-refractivity contribution in [1.29, 1.82) is 0 Å². The van der Waals surface area contributed by atoms with Crippen LogP contribution < -0.4 is 4.90 Å². The molecule has 4 aromatic rings. The third-order valence-corrected chi connectivity index (χ3v) is 6.15. The van der Waals surface area contributed by atoms with Crippen molar-refractivity contribution in [3.8, 4) is 0 Å². The minimum atomic E-state index is -0.405. The fourth-order valence-electron chi connectivity index (χ4n) is 3.79. The van der Waals surface area contributed by atoms with E-state index in [1.807, 2.05) is 47.0 Å². The van der Waals surface area contributed by atoms with E-state index in [2.05, 4.69) is 51.8 Å². The Hall–Kier alpha value is -2.91. The SMILES string of the molecule is COCn1c(I)cc2c(C(=O)OC)cnc(N(Cc3ccccc3)Cc3ccccc3)c21. The summed E-state index contributed by atoms with van der Waals surface area (Å²) in [6.07, 6.45) is 1.61. The first-order valence-electron chi connectivity index (χ1n) is 10.2. The molecule has 0 fully saturated rings. The summed E-state index contributed by atoms with van der Waals surface area (Å²) >= 11 is 2.26. The number of ether oxygens (including phenoxy) is 2. The molecule has 7 heteroatoms. The molecule has 2 aromatic heterocycles. The normalized spacial score (nSPS) is 11.0. The number of hydrogen-bond donors (Lipinski definition) is 0. The number of nitrogens with zero attached hydrogens (tertiary/aromatic N) is 3. The van der Waals surface area contributed by atoms with Gasteiger partial charge in [-0.2, -0.15) is 0 Å². The molecule has 0 N–H and O–H groups in total. The van der Waals surface area contributed by atoms with Crippen molar-refractivity contribution in [2.75, 3.05) is 19.1 Å². The number of rotatable bonds is 8. The third kappa shape index (κ3) is 4.63. The van der Waals surface area contributed by atoms with E-state index in [0.29, 0.717) is 25.4 Å². The molecule has 0 radical (unpaired) electrons. The monoisotopic (exact) mass is 541 g/mol. The summed E-state index contributed by atoms with van der Waals surface area (Å²) in [7, 11) is 3.04. The van der Waals surface area contributed by atoms with Crippen LogP contribution in [0.3, 0.4) is 0 Å². The number of aromatic nitrogens is 2. The van der Waals surface area contributed by atoms with Crippen molar-refractivity contribution in [3.05, 3.63) is 93.3 Å². The lowest BCUT2D eigenvalue weighted by Crippen LogP contribution is -2.24. The summed E-state index contributed by atoms with van der Waals surface area (Å²) in [5.74, 6) is 0.387. The fraction of sp³-hybridized carbons (Fsp3) is 0.200. The van der Waals surface area contributed by atoms with Crippen molar-refractivity contribution in [2.24, 2.45) is 0 Å². The van der Waals surface area contributed by atoms with Crippen LogP contribution in [0.4, 0.5) is 5.82 Å². The predicted octanol–water partition coefficient (Wildman–Crippen LogP) is 5.24. The number of esters is 1. The summed E-state index contributed by atoms with van der Waals surface area (Å²) in [6.45, 7) is 1.69. The minimum absolute atomic E-state index is 0.353. The van der Waals surface area contributed by atoms with Crippen LogP contribution in [0.25, 0.3) is 10.9 Å². The first kappa shape index (κ1) is 22.3. The number of carbonyl (C=O) groups is 1. The van der Waals surface area contributed by atoms with E-state index in [-0.39, 0.29) is 0 Å². The molecule has 164 valence electrons. The summed E-state index contributed by atoms with van der Waals surface area (Å²) in [4.78, 5) is 19.5. The first-order valence-corrected chi connectivity index (χ1v) is 11.3. The topological polar surface area (TPSA) is 56.6 Å². The van der Waals surface area contributed by atoms with Crippen LogP contribution in [0.5, 0.6) is 0 Å². The number of methoxy groups -OCH3 is 2. The van der Waals surface area contributed by atoms with Crippen molar-refractivity contribution in [1.82, 2.24) is 9.55 Å². The number of halogens is 1. The van der Waals surface area contributed by atoms with Crippen molar-refractivity contribution < 1.29 is 14.3 Å². The van der Waals surface area contributed by atoms with Crippen LogP contribution in [0.15, 0.2) is 72.9 Å². The Kier molecular flexibility index (Phi) is 7.06. The maximum Gasteiger partial charge on any atom is 0.340 e. The average Bonchev–Trinajstić information content (AvgIpc) is 3.15. The molecule has 0 saturated carbocycles. The number of hydrogen-bond acceptors (Lipinski definition) is 5. The van der Waals surface area contributed by atoms with Crippen molar-refractivity contribution >= 4 is 45.3 Å². The van der Waals surface area contributed by atoms with Crippen LogP contribution in [0.2, 0.25) is 0 Å². The second-order valence-corrected chi connectivity index (χ2v) is 8.49. The van der Waals surface area contributed by atoms with Gasteiger partial charge < -0.3 is 18.9 Å². The number of fused-ring (bicyclic) bond motifs is 1. The maximum absolute atomic E-state index is 12.5. The molecule has 0 aliphatic carbocycles. The largest absolute Gasteiger partial charge is 0.465 e. The standard InChI is InChI=1S/C25H24IN3O3/c1-31-17-29-22(26)13-20-21(25(30)32-2)14-27-24(23(20)29)28(15-18-9-5-3-6-10-18)16-19-11-7-4-8-12-19/h3-14H,15-17H2,1-2H3. The highest BCUT2D eigenvalue weighted by Gasteiger charge is 2.23. The van der Waals surface area contributed by atoms with Gasteiger partial charge in [0, 0.05) is 31.8 Å². The Morgan fingerprint density at radius 1 is 1.00 bits per heavy atom. The Morgan fingerprint density at radius 3 is 2.12 bits per heavy atom. The van der Waals surface area contributed by atoms with Crippen LogP contribution in [-0.2, 0) is 29.3 Å². The Morgan fingerprint density at radius 2 is 1.59 bits per heavy atom. The second kappa shape index (κ2) is 10.1. The van der Waals surface area contributed by atoms with Crippen molar-refractivity contribution in [2.45, 2.75) is 19.8 Å². The van der Waals surface area contributed by atoms with Gasteiger partial charge in [-0.15, -0.1) is 0 Å². The number of carbonyl (C=O) groups excluding carboxylic acids is 1. The third-order valence-electron chi connectivity index (χ3n) is 5.26. The van der Waals surface area contributed by atoms with Gasteiger partial charge in [0.25, 0.3) is 0 Å². The molecular formula is C25H24IN3O3. The van der Waals surface area contributed by atoms with Crippen molar-refractivity contribution in [3.63, 3.8) is 0 Å². The molecule has 0 spiro atoms. The van der Waals surface area contributed by atoms with Gasteiger partial charge in [0.15, 0.2) is 5.82 Å². The molecule has 0 bridgehead atoms. The molecule has 0 aliphatic rings. The smallest absolute Gasteiger partial charge is 0.340 e. The van der Waals surface area contributed by atoms with Gasteiger partial charge in [0.1, 0.15) is 6.73 Å². The highest BCUT2D eigenvalue weighted by Crippen LogP contribution is 2.33. The molecule has 0 unspecified atom stereocenters. The Bertz CT molecular complexity index is 1170. The van der Waals surface area contributed by atoms with Gasteiger partial charge in [-0.1, -0.05) is 60.7 Å². The summed E-state index contributed by atoms with van der Waals surface area (Å²) < 4.78 is 13.5. The lowest BCUT2D eigenvalue weighted by atomic mass is 10.1. The van der Waals surface area contributed by atoms with Crippen LogP contribution in [0, 0.1) is 3.70 Å². The van der Waals surface area contributed by atoms with Crippen LogP contribution in [-0.4, -0.2) is 29.7 Å². The molecule has 0 atom stereocenters. The number of anilines is 1. The highest BCUT2D eigenvalue weighted by atomic mass is 127. The van der Waals surface area contributed by atoms with Gasteiger partial charge in [0.2, 0.25) is 0 Å². The molecule has 32 heavy (non-hydrogen) atoms. The average molecular weight is 541 g/mol. The maximum atomic E-state index is 12.5. The fourth-order valence-corrected chi connectivity index (χ4v) is 4.48. The summed E-state index contributed by atoms with van der Waals surface area (Å²) in [6, 6.07) is 22.6. The highest BCUT2D eigenvalue weighted by molar-refractivity contribution is 14.1. The lowest BCUT2D eigenvalue weighted by Gasteiger charge is -2.26. The van der Waals surface area contributed by atoms with E-state index >= 15 is 0 Å². The molecule has 6 nitrogen and oxygen atoms in total. The van der Waals surface area contributed by atoms with Gasteiger partial charge in [-0.05, 0) is 39.8 Å². The van der Waals surface area contributed by atoms with Gasteiger partial charge in [-0.3, -0.25) is 0 Å². The summed E-state index contributed by atoms with van der Waals surface area (Å²) in [5.41, 5.74) is 3.65. The van der Waals surface area contributed by atoms with E-state index in [9.17, 15) is 4.79 Å². The van der Waals surface area contributed by atoms with Crippen LogP contribution >= 0.6 is 22.6 Å². The lowest BCUT2D eigenvalue weighted by molar-refractivity contribution is 0.0602. The van der Waals surface area contributed by atoms with Gasteiger partial charge in [0.05, 0.1) is 21.9 Å². The molecular weight excluding hydrogens is 517 g/mol. The van der Waals surface area contributed by atoms with E-state index in [0.717, 1.165) is 20.4 Å². The number of pyridine rings is 1. The number of benzene rings is 2. The molecule has 0 amide bonds. The first-order chi connectivity index (χ1) is 15.6.